The van der Waals surface area contributed by atoms with Crippen molar-refractivity contribution in [1.82, 2.24) is 13.7 Å². The van der Waals surface area contributed by atoms with Crippen molar-refractivity contribution >= 4 is 106 Å². The highest BCUT2D eigenvalue weighted by atomic mass is 15.2. The first-order valence-corrected chi connectivity index (χ1v) is 27.1. The predicted octanol–water partition coefficient (Wildman–Crippen LogP) is 16.8. The van der Waals surface area contributed by atoms with Crippen LogP contribution in [0.3, 0.4) is 0 Å². The second kappa shape index (κ2) is 15.4. The highest BCUT2D eigenvalue weighted by molar-refractivity contribution is 7.02. The number of aromatic nitrogens is 3. The summed E-state index contributed by atoms with van der Waals surface area (Å²) in [5.74, 6) is 0. The number of hydrogen-bond acceptors (Lipinski definition) is 1. The van der Waals surface area contributed by atoms with Gasteiger partial charge in [-0.3, -0.25) is 0 Å². The van der Waals surface area contributed by atoms with Crippen LogP contribution in [0, 0.1) is 0 Å². The van der Waals surface area contributed by atoms with Crippen molar-refractivity contribution in [2.75, 3.05) is 4.90 Å². The average Bonchev–Trinajstić information content (AvgIpc) is 4.18. The summed E-state index contributed by atoms with van der Waals surface area (Å²) in [6, 6.07) is 68.0. The Labute approximate surface area is 441 Å². The lowest BCUT2D eigenvalue weighted by molar-refractivity contribution is 0.590. The topological polar surface area (TPSA) is 18.0 Å². The van der Waals surface area contributed by atoms with Gasteiger partial charge in [-0.1, -0.05) is 156 Å². The van der Waals surface area contributed by atoms with Crippen molar-refractivity contribution in [1.29, 1.82) is 0 Å². The molecule has 0 bridgehead atoms. The largest absolute Gasteiger partial charge is 0.311 e. The summed E-state index contributed by atoms with van der Waals surface area (Å²) < 4.78 is 7.65. The molecular weight excluding hydrogens is 908 g/mol. The summed E-state index contributed by atoms with van der Waals surface area (Å²) in [5, 5.41) is 7.81. The van der Waals surface area contributed by atoms with Crippen LogP contribution in [0.4, 0.5) is 17.1 Å². The number of nitrogens with zero attached hydrogens (tertiary/aromatic N) is 4. The lowest BCUT2D eigenvalue weighted by Crippen LogP contribution is -2.60. The van der Waals surface area contributed by atoms with Gasteiger partial charge in [0.05, 0.1) is 27.6 Å². The molecule has 5 heteroatoms. The first-order chi connectivity index (χ1) is 35.8. The Bertz CT molecular complexity index is 4330. The number of fused-ring (bicyclic) bond motifs is 14. The molecule has 0 fully saturated rings. The average molecular weight is 973 g/mol. The van der Waals surface area contributed by atoms with Crippen LogP contribution < -0.4 is 21.3 Å². The SMILES string of the molecule is CC(C)(C)c1ccc2c(c1)c1cc(C(C)(C)C)ccc1n2-c1cccc(-n2c3ccccc3c3c4c(ccc32)N(c2ccccc2)c2cccc3c2B4c2cc(C(C)(C)C)cc4c5cc(C(C)(C)C)ccc5n-3c24)c1. The number of para-hydroxylation sites is 2. The van der Waals surface area contributed by atoms with Gasteiger partial charge in [-0.15, -0.1) is 0 Å². The molecule has 0 saturated carbocycles. The molecule has 0 N–H and O–H groups in total. The molecule has 368 valence electrons. The van der Waals surface area contributed by atoms with Crippen molar-refractivity contribution in [2.45, 2.75) is 105 Å². The summed E-state index contributed by atoms with van der Waals surface area (Å²) in [4.78, 5) is 2.55. The van der Waals surface area contributed by atoms with E-state index in [1.165, 1.54) is 121 Å². The van der Waals surface area contributed by atoms with Gasteiger partial charge in [0, 0.05) is 72.0 Å². The second-order valence-corrected chi connectivity index (χ2v) is 25.9. The predicted molar refractivity (Wildman–Crippen MR) is 324 cm³/mol. The molecule has 0 atom stereocenters. The van der Waals surface area contributed by atoms with Crippen molar-refractivity contribution in [3.05, 3.63) is 198 Å². The van der Waals surface area contributed by atoms with Crippen molar-refractivity contribution in [2.24, 2.45) is 0 Å². The molecule has 3 aromatic heterocycles. The molecule has 75 heavy (non-hydrogen) atoms. The number of hydrogen-bond donors (Lipinski definition) is 0. The first-order valence-electron chi connectivity index (χ1n) is 27.1. The summed E-state index contributed by atoms with van der Waals surface area (Å²) in [6.07, 6.45) is 0. The Morgan fingerprint density at radius 1 is 0.307 bits per heavy atom. The molecule has 5 heterocycles. The fourth-order valence-corrected chi connectivity index (χ4v) is 13.1. The van der Waals surface area contributed by atoms with Gasteiger partial charge in [-0.25, -0.2) is 0 Å². The Balaban J connectivity index is 1.07. The third-order valence-corrected chi connectivity index (χ3v) is 17.0. The molecule has 0 saturated heterocycles. The first kappa shape index (κ1) is 45.8. The lowest BCUT2D eigenvalue weighted by Gasteiger charge is -2.41. The van der Waals surface area contributed by atoms with Gasteiger partial charge in [-0.05, 0) is 163 Å². The lowest BCUT2D eigenvalue weighted by atomic mass is 9.33. The van der Waals surface area contributed by atoms with Crippen LogP contribution in [0.15, 0.2) is 176 Å². The van der Waals surface area contributed by atoms with Crippen LogP contribution in [0.5, 0.6) is 0 Å². The fourth-order valence-electron chi connectivity index (χ4n) is 13.1. The second-order valence-electron chi connectivity index (χ2n) is 25.9. The molecule has 2 aliphatic rings. The minimum Gasteiger partial charge on any atom is -0.311 e. The van der Waals surface area contributed by atoms with E-state index in [9.17, 15) is 0 Å². The van der Waals surface area contributed by atoms with E-state index in [2.05, 4.69) is 278 Å². The van der Waals surface area contributed by atoms with Gasteiger partial charge in [0.15, 0.2) is 0 Å². The molecular formula is C70H65BN4. The maximum absolute atomic E-state index is 2.61. The van der Waals surface area contributed by atoms with E-state index in [4.69, 9.17) is 0 Å². The zero-order valence-electron chi connectivity index (χ0n) is 45.6. The highest BCUT2D eigenvalue weighted by Gasteiger charge is 2.44. The third kappa shape index (κ3) is 6.62. The molecule has 0 amide bonds. The summed E-state index contributed by atoms with van der Waals surface area (Å²) in [6.45, 7) is 28.0. The summed E-state index contributed by atoms with van der Waals surface area (Å²) in [5.41, 5.74) is 24.0. The fraction of sp³-hybridized carbons (Fsp3) is 0.229. The normalized spacial score (nSPS) is 13.8. The van der Waals surface area contributed by atoms with E-state index in [0.29, 0.717) is 0 Å². The quantitative estimate of drug-likeness (QED) is 0.161. The van der Waals surface area contributed by atoms with Gasteiger partial charge < -0.3 is 18.6 Å². The van der Waals surface area contributed by atoms with Crippen LogP contribution in [-0.4, -0.2) is 20.4 Å². The molecule has 0 spiro atoms. The smallest absolute Gasteiger partial charge is 0.253 e. The molecule has 14 rings (SSSR count). The monoisotopic (exact) mass is 973 g/mol. The van der Waals surface area contributed by atoms with Crippen LogP contribution in [0.25, 0.3) is 82.5 Å². The zero-order valence-corrected chi connectivity index (χ0v) is 45.6. The van der Waals surface area contributed by atoms with E-state index < -0.39 is 0 Å². The maximum Gasteiger partial charge on any atom is 0.253 e. The molecule has 9 aromatic carbocycles. The highest BCUT2D eigenvalue weighted by Crippen LogP contribution is 2.46. The van der Waals surface area contributed by atoms with E-state index in [1.54, 1.807) is 0 Å². The van der Waals surface area contributed by atoms with Gasteiger partial charge in [0.25, 0.3) is 6.71 Å². The number of anilines is 3. The van der Waals surface area contributed by atoms with Gasteiger partial charge in [0.2, 0.25) is 0 Å². The van der Waals surface area contributed by atoms with Gasteiger partial charge in [-0.2, -0.15) is 0 Å². The summed E-state index contributed by atoms with van der Waals surface area (Å²) >= 11 is 0. The van der Waals surface area contributed by atoms with E-state index in [-0.39, 0.29) is 28.4 Å². The van der Waals surface area contributed by atoms with Gasteiger partial charge >= 0.3 is 0 Å². The van der Waals surface area contributed by atoms with Crippen LogP contribution >= 0.6 is 0 Å². The Morgan fingerprint density at radius 3 is 1.36 bits per heavy atom. The van der Waals surface area contributed by atoms with E-state index >= 15 is 0 Å². The minimum absolute atomic E-state index is 0.00795. The zero-order chi connectivity index (χ0) is 51.8. The van der Waals surface area contributed by atoms with Crippen LogP contribution in [-0.2, 0) is 21.7 Å². The molecule has 12 aromatic rings. The molecule has 0 radical (unpaired) electrons. The Hall–Kier alpha value is -7.76. The maximum atomic E-state index is 2.61. The molecule has 4 nitrogen and oxygen atoms in total. The molecule has 0 aliphatic carbocycles. The number of rotatable bonds is 3. The third-order valence-electron chi connectivity index (χ3n) is 17.0. The Morgan fingerprint density at radius 2 is 0.760 bits per heavy atom. The molecule has 2 aliphatic heterocycles. The van der Waals surface area contributed by atoms with Crippen molar-refractivity contribution in [3.63, 3.8) is 0 Å². The molecule has 0 unspecified atom stereocenters. The minimum atomic E-state index is -0.0820. The van der Waals surface area contributed by atoms with E-state index in [0.717, 1.165) is 17.1 Å². The van der Waals surface area contributed by atoms with Crippen molar-refractivity contribution < 1.29 is 0 Å². The van der Waals surface area contributed by atoms with Gasteiger partial charge in [0.1, 0.15) is 0 Å². The Kier molecular flexibility index (Phi) is 9.42. The summed E-state index contributed by atoms with van der Waals surface area (Å²) in [7, 11) is 0. The number of benzene rings is 9. The van der Waals surface area contributed by atoms with E-state index in [1.807, 2.05) is 0 Å². The van der Waals surface area contributed by atoms with Crippen molar-refractivity contribution in [3.8, 4) is 17.1 Å². The van der Waals surface area contributed by atoms with Crippen LogP contribution in [0.1, 0.15) is 105 Å². The van der Waals surface area contributed by atoms with Crippen LogP contribution in [0.2, 0.25) is 0 Å². The standard InChI is InChI=1S/C70H65BN4/c1-67(2,3)42-28-31-56-50(36-42)51-37-43(68(4,5)6)29-32-57(51)73(56)47-22-18-23-48(41-47)74-55-25-17-16-24-49(55)63-59(74)34-35-62-65(63)71-54-40-45(70(10,11)12)39-53-52-38-44(69(7,8)9)30-33-58(52)75(66(53)54)61-27-19-26-60(64(61)71)72(62)46-20-14-13-15-21-46/h13-41H,1-12H3.